The Hall–Kier alpha value is -3.59. The van der Waals surface area contributed by atoms with E-state index in [1.807, 2.05) is 50.2 Å². The van der Waals surface area contributed by atoms with Crippen LogP contribution in [0.4, 0.5) is 5.13 Å². The predicted octanol–water partition coefficient (Wildman–Crippen LogP) is 3.60. The minimum Gasteiger partial charge on any atom is -0.454 e. The van der Waals surface area contributed by atoms with Gasteiger partial charge in [-0.3, -0.25) is 9.36 Å². The molecule has 4 heterocycles. The third-order valence-corrected chi connectivity index (χ3v) is 7.74. The minimum absolute atomic E-state index is 0.186. The quantitative estimate of drug-likeness (QED) is 0.448. The van der Waals surface area contributed by atoms with Gasteiger partial charge in [0.2, 0.25) is 6.79 Å². The SMILES string of the molecule is Cc1cccc(-n2c(=O)c3sc(N4CCCC4)nc3n(Cc3ccc4c(c3)OCO4)c2=O)c1C. The van der Waals surface area contributed by atoms with E-state index in [-0.39, 0.29) is 18.9 Å². The van der Waals surface area contributed by atoms with Gasteiger partial charge in [-0.05, 0) is 61.6 Å². The summed E-state index contributed by atoms with van der Waals surface area (Å²) in [6.45, 7) is 6.19. The van der Waals surface area contributed by atoms with Crippen LogP contribution in [0.3, 0.4) is 0 Å². The molecule has 0 atom stereocenters. The first kappa shape index (κ1) is 21.0. The zero-order chi connectivity index (χ0) is 23.4. The summed E-state index contributed by atoms with van der Waals surface area (Å²) in [7, 11) is 0. The largest absolute Gasteiger partial charge is 0.454 e. The Morgan fingerprint density at radius 2 is 1.82 bits per heavy atom. The minimum atomic E-state index is -0.401. The van der Waals surface area contributed by atoms with Crippen molar-refractivity contribution in [1.29, 1.82) is 0 Å². The number of nitrogens with zero attached hydrogens (tertiary/aromatic N) is 4. The van der Waals surface area contributed by atoms with Crippen LogP contribution in [0.5, 0.6) is 11.5 Å². The second-order valence-corrected chi connectivity index (χ2v) is 9.74. The molecule has 9 heteroatoms. The van der Waals surface area contributed by atoms with E-state index in [4.69, 9.17) is 14.5 Å². The zero-order valence-electron chi connectivity index (χ0n) is 19.0. The molecule has 8 nitrogen and oxygen atoms in total. The molecule has 1 saturated heterocycles. The van der Waals surface area contributed by atoms with E-state index in [2.05, 4.69) is 4.90 Å². The van der Waals surface area contributed by atoms with E-state index in [1.165, 1.54) is 15.9 Å². The number of thiazole rings is 1. The lowest BCUT2D eigenvalue weighted by Crippen LogP contribution is -2.39. The summed E-state index contributed by atoms with van der Waals surface area (Å²) in [5.74, 6) is 1.34. The first-order chi connectivity index (χ1) is 16.5. The highest BCUT2D eigenvalue weighted by atomic mass is 32.1. The molecule has 174 valence electrons. The summed E-state index contributed by atoms with van der Waals surface area (Å²) in [4.78, 5) is 34.5. The molecule has 0 unspecified atom stereocenters. The molecule has 34 heavy (non-hydrogen) atoms. The van der Waals surface area contributed by atoms with Crippen LogP contribution in [0.1, 0.15) is 29.5 Å². The van der Waals surface area contributed by atoms with Crippen LogP contribution in [0.2, 0.25) is 0 Å². The number of anilines is 1. The van der Waals surface area contributed by atoms with Crippen molar-refractivity contribution in [3.05, 3.63) is 73.9 Å². The van der Waals surface area contributed by atoms with Gasteiger partial charge in [0, 0.05) is 13.1 Å². The number of hydrogen-bond acceptors (Lipinski definition) is 7. The van der Waals surface area contributed by atoms with E-state index in [0.717, 1.165) is 47.8 Å². The molecule has 0 bridgehead atoms. The molecule has 2 aromatic carbocycles. The number of rotatable bonds is 4. The summed E-state index contributed by atoms with van der Waals surface area (Å²) in [6, 6.07) is 11.3. The molecule has 0 N–H and O–H groups in total. The van der Waals surface area contributed by atoms with Gasteiger partial charge < -0.3 is 14.4 Å². The average molecular weight is 477 g/mol. The van der Waals surface area contributed by atoms with Gasteiger partial charge in [0.05, 0.1) is 12.2 Å². The Morgan fingerprint density at radius 1 is 1.03 bits per heavy atom. The molecule has 1 fully saturated rings. The van der Waals surface area contributed by atoms with Gasteiger partial charge >= 0.3 is 5.69 Å². The molecule has 6 rings (SSSR count). The zero-order valence-corrected chi connectivity index (χ0v) is 19.9. The van der Waals surface area contributed by atoms with Crippen molar-refractivity contribution >= 4 is 26.8 Å². The molecule has 2 aromatic heterocycles. The van der Waals surface area contributed by atoms with Crippen LogP contribution in [0.15, 0.2) is 46.0 Å². The van der Waals surface area contributed by atoms with Crippen molar-refractivity contribution < 1.29 is 9.47 Å². The van der Waals surface area contributed by atoms with Crippen molar-refractivity contribution in [2.45, 2.75) is 33.2 Å². The number of fused-ring (bicyclic) bond motifs is 2. The Morgan fingerprint density at radius 3 is 2.65 bits per heavy atom. The normalized spacial score (nSPS) is 14.9. The van der Waals surface area contributed by atoms with E-state index < -0.39 is 5.69 Å². The Labute approximate surface area is 199 Å². The van der Waals surface area contributed by atoms with Gasteiger partial charge in [-0.25, -0.2) is 14.3 Å². The number of aryl methyl sites for hydroxylation is 1. The summed E-state index contributed by atoms with van der Waals surface area (Å²) in [5, 5.41) is 0.794. The fourth-order valence-electron chi connectivity index (χ4n) is 4.62. The van der Waals surface area contributed by atoms with Crippen LogP contribution >= 0.6 is 11.3 Å². The average Bonchev–Trinajstić information content (AvgIpc) is 3.59. The Balaban J connectivity index is 1.59. The molecular formula is C25H24N4O4S. The molecule has 0 saturated carbocycles. The number of benzene rings is 2. The standard InChI is InChI=1S/C25H24N4O4S/c1-15-6-5-7-18(16(15)2)29-23(30)21-22(26-24(34-21)27-10-3-4-11-27)28(25(29)31)13-17-8-9-19-20(12-17)33-14-32-19/h5-9,12H,3-4,10-11,13-14H2,1-2H3. The van der Waals surface area contributed by atoms with E-state index >= 15 is 0 Å². The Kier molecular flexibility index (Phi) is 4.95. The third kappa shape index (κ3) is 3.30. The number of ether oxygens (including phenoxy) is 2. The lowest BCUT2D eigenvalue weighted by Gasteiger charge is -2.14. The highest BCUT2D eigenvalue weighted by Gasteiger charge is 2.24. The van der Waals surface area contributed by atoms with Crippen molar-refractivity contribution in [2.24, 2.45) is 0 Å². The van der Waals surface area contributed by atoms with Crippen LogP contribution in [0.25, 0.3) is 16.0 Å². The highest BCUT2D eigenvalue weighted by Crippen LogP contribution is 2.33. The monoisotopic (exact) mass is 476 g/mol. The number of hydrogen-bond donors (Lipinski definition) is 0. The molecule has 2 aliphatic heterocycles. The molecule has 0 amide bonds. The first-order valence-corrected chi connectivity index (χ1v) is 12.2. The third-order valence-electron chi connectivity index (χ3n) is 6.64. The summed E-state index contributed by atoms with van der Waals surface area (Å²) < 4.78 is 14.3. The van der Waals surface area contributed by atoms with Crippen molar-refractivity contribution in [1.82, 2.24) is 14.1 Å². The lowest BCUT2D eigenvalue weighted by atomic mass is 10.1. The van der Waals surface area contributed by atoms with Crippen LogP contribution in [0, 0.1) is 13.8 Å². The molecular weight excluding hydrogens is 452 g/mol. The molecule has 0 aliphatic carbocycles. The second-order valence-electron chi connectivity index (χ2n) is 8.76. The molecule has 4 aromatic rings. The second kappa shape index (κ2) is 8.02. The predicted molar refractivity (Wildman–Crippen MR) is 132 cm³/mol. The summed E-state index contributed by atoms with van der Waals surface area (Å²) >= 11 is 1.37. The van der Waals surface area contributed by atoms with Crippen LogP contribution in [-0.4, -0.2) is 34.0 Å². The van der Waals surface area contributed by atoms with Gasteiger partial charge in [-0.15, -0.1) is 0 Å². The fourth-order valence-corrected chi connectivity index (χ4v) is 5.67. The summed E-state index contributed by atoms with van der Waals surface area (Å²) in [6.07, 6.45) is 2.21. The Bertz CT molecular complexity index is 1550. The van der Waals surface area contributed by atoms with Crippen molar-refractivity contribution in [3.8, 4) is 17.2 Å². The molecule has 2 aliphatic rings. The molecule has 0 radical (unpaired) electrons. The first-order valence-electron chi connectivity index (χ1n) is 11.4. The van der Waals surface area contributed by atoms with Gasteiger partial charge in [0.1, 0.15) is 4.70 Å². The lowest BCUT2D eigenvalue weighted by molar-refractivity contribution is 0.174. The summed E-state index contributed by atoms with van der Waals surface area (Å²) in [5.41, 5.74) is 3.11. The smallest absolute Gasteiger partial charge is 0.337 e. The van der Waals surface area contributed by atoms with E-state index in [9.17, 15) is 9.59 Å². The maximum absolute atomic E-state index is 13.9. The van der Waals surface area contributed by atoms with Gasteiger partial charge in [-0.2, -0.15) is 0 Å². The van der Waals surface area contributed by atoms with Gasteiger partial charge in [0.15, 0.2) is 22.3 Å². The van der Waals surface area contributed by atoms with Gasteiger partial charge in [0.25, 0.3) is 5.56 Å². The molecule has 0 spiro atoms. The maximum atomic E-state index is 13.9. The van der Waals surface area contributed by atoms with Crippen LogP contribution in [-0.2, 0) is 6.54 Å². The van der Waals surface area contributed by atoms with Crippen molar-refractivity contribution in [2.75, 3.05) is 24.8 Å². The maximum Gasteiger partial charge on any atom is 0.337 e. The fraction of sp³-hybridized carbons (Fsp3) is 0.320. The van der Waals surface area contributed by atoms with Crippen molar-refractivity contribution in [3.63, 3.8) is 0 Å². The van der Waals surface area contributed by atoms with Gasteiger partial charge in [-0.1, -0.05) is 29.5 Å². The van der Waals surface area contributed by atoms with E-state index in [1.54, 1.807) is 4.57 Å². The highest BCUT2D eigenvalue weighted by molar-refractivity contribution is 7.22. The topological polar surface area (TPSA) is 78.6 Å². The number of aromatic nitrogens is 3. The van der Waals surface area contributed by atoms with E-state index in [0.29, 0.717) is 27.5 Å². The van der Waals surface area contributed by atoms with Crippen LogP contribution < -0.4 is 25.6 Å².